The van der Waals surface area contributed by atoms with Crippen molar-refractivity contribution >= 4 is 15.9 Å². The first kappa shape index (κ1) is 18.6. The van der Waals surface area contributed by atoms with E-state index in [1.807, 2.05) is 30.3 Å². The van der Waals surface area contributed by atoms with Crippen LogP contribution in [-0.4, -0.2) is 31.7 Å². The fourth-order valence-corrected chi connectivity index (χ4v) is 4.60. The number of benzene rings is 2. The molecule has 1 fully saturated rings. The number of carbonyl (C=O) groups is 1. The lowest BCUT2D eigenvalue weighted by atomic mass is 10.1. The monoisotopic (exact) mass is 372 g/mol. The molecule has 1 saturated heterocycles. The number of nitrogens with one attached hydrogen (secondary N) is 1. The van der Waals surface area contributed by atoms with Crippen molar-refractivity contribution in [3.63, 3.8) is 0 Å². The van der Waals surface area contributed by atoms with Gasteiger partial charge in [0.25, 0.3) is 0 Å². The zero-order valence-electron chi connectivity index (χ0n) is 14.7. The summed E-state index contributed by atoms with van der Waals surface area (Å²) in [4.78, 5) is 12.3. The van der Waals surface area contributed by atoms with E-state index in [9.17, 15) is 13.2 Å². The van der Waals surface area contributed by atoms with E-state index in [4.69, 9.17) is 0 Å². The van der Waals surface area contributed by atoms with Crippen molar-refractivity contribution in [1.29, 1.82) is 0 Å². The Morgan fingerprint density at radius 2 is 1.54 bits per heavy atom. The van der Waals surface area contributed by atoms with Gasteiger partial charge in [-0.05, 0) is 36.1 Å². The number of rotatable bonds is 6. The molecule has 0 aliphatic carbocycles. The van der Waals surface area contributed by atoms with Crippen molar-refractivity contribution in [3.05, 3.63) is 65.7 Å². The van der Waals surface area contributed by atoms with E-state index in [0.717, 1.165) is 30.4 Å². The molecule has 5 nitrogen and oxygen atoms in total. The van der Waals surface area contributed by atoms with Gasteiger partial charge < -0.3 is 5.32 Å². The Kier molecular flexibility index (Phi) is 6.06. The third-order valence-corrected chi connectivity index (χ3v) is 6.49. The van der Waals surface area contributed by atoms with E-state index >= 15 is 0 Å². The van der Waals surface area contributed by atoms with Crippen molar-refractivity contribution in [2.45, 2.75) is 37.1 Å². The predicted octanol–water partition coefficient (Wildman–Crippen LogP) is 2.72. The largest absolute Gasteiger partial charge is 0.352 e. The maximum atomic E-state index is 12.6. The molecule has 1 N–H and O–H groups in total. The molecule has 6 heteroatoms. The third kappa shape index (κ3) is 4.71. The minimum absolute atomic E-state index is 0.0544. The predicted molar refractivity (Wildman–Crippen MR) is 101 cm³/mol. The molecule has 1 aliphatic rings. The second kappa shape index (κ2) is 8.47. The molecule has 138 valence electrons. The fraction of sp³-hybridized carbons (Fsp3) is 0.350. The summed E-state index contributed by atoms with van der Waals surface area (Å²) in [7, 11) is -3.40. The first-order valence-electron chi connectivity index (χ1n) is 8.95. The summed E-state index contributed by atoms with van der Waals surface area (Å²) >= 11 is 0. The number of amides is 1. The summed E-state index contributed by atoms with van der Waals surface area (Å²) < 4.78 is 26.8. The van der Waals surface area contributed by atoms with Crippen LogP contribution in [0.2, 0.25) is 0 Å². The number of carbonyl (C=O) groups excluding carboxylic acids is 1. The lowest BCUT2D eigenvalue weighted by Crippen LogP contribution is -2.35. The maximum absolute atomic E-state index is 12.6. The maximum Gasteiger partial charge on any atom is 0.243 e. The number of hydrogen-bond acceptors (Lipinski definition) is 3. The van der Waals surface area contributed by atoms with Crippen molar-refractivity contribution < 1.29 is 13.2 Å². The quantitative estimate of drug-likeness (QED) is 0.848. The lowest BCUT2D eigenvalue weighted by molar-refractivity contribution is -0.120. The molecule has 1 heterocycles. The normalized spacial score (nSPS) is 15.5. The molecule has 0 unspecified atom stereocenters. The lowest BCUT2D eigenvalue weighted by Gasteiger charge is -2.25. The Balaban J connectivity index is 1.56. The highest BCUT2D eigenvalue weighted by Gasteiger charge is 2.25. The topological polar surface area (TPSA) is 66.5 Å². The van der Waals surface area contributed by atoms with Gasteiger partial charge in [-0.25, -0.2) is 8.42 Å². The van der Waals surface area contributed by atoms with Crippen molar-refractivity contribution in [3.8, 4) is 0 Å². The van der Waals surface area contributed by atoms with Crippen molar-refractivity contribution in [2.24, 2.45) is 0 Å². The van der Waals surface area contributed by atoms with Crippen LogP contribution in [0.1, 0.15) is 30.4 Å². The van der Waals surface area contributed by atoms with Crippen molar-refractivity contribution in [1.82, 2.24) is 9.62 Å². The van der Waals surface area contributed by atoms with Crippen LogP contribution in [0.5, 0.6) is 0 Å². The van der Waals surface area contributed by atoms with E-state index in [-0.39, 0.29) is 5.91 Å². The SMILES string of the molecule is O=C(Cc1ccccc1)NCc1ccc(S(=O)(=O)N2CCCCC2)cc1. The summed E-state index contributed by atoms with van der Waals surface area (Å²) in [5.41, 5.74) is 1.84. The highest BCUT2D eigenvalue weighted by atomic mass is 32.2. The van der Waals surface area contributed by atoms with Crippen LogP contribution >= 0.6 is 0 Å². The summed E-state index contributed by atoms with van der Waals surface area (Å²) in [6, 6.07) is 16.3. The smallest absolute Gasteiger partial charge is 0.243 e. The van der Waals surface area contributed by atoms with Gasteiger partial charge in [0, 0.05) is 19.6 Å². The standard InChI is InChI=1S/C20H24N2O3S/c23-20(15-17-7-3-1-4-8-17)21-16-18-9-11-19(12-10-18)26(24,25)22-13-5-2-6-14-22/h1,3-4,7-12H,2,5-6,13-16H2,(H,21,23). The number of sulfonamides is 1. The van der Waals surface area contributed by atoms with Gasteiger partial charge in [0.05, 0.1) is 11.3 Å². The Morgan fingerprint density at radius 3 is 2.19 bits per heavy atom. The molecule has 0 aromatic heterocycles. The third-order valence-electron chi connectivity index (χ3n) is 4.57. The number of nitrogens with zero attached hydrogens (tertiary/aromatic N) is 1. The average molecular weight is 372 g/mol. The molecule has 2 aromatic carbocycles. The minimum Gasteiger partial charge on any atom is -0.352 e. The fourth-order valence-electron chi connectivity index (χ4n) is 3.08. The van der Waals surface area contributed by atoms with Crippen LogP contribution in [-0.2, 0) is 27.8 Å². The van der Waals surface area contributed by atoms with Crippen LogP contribution in [0, 0.1) is 0 Å². The van der Waals surface area contributed by atoms with Crippen LogP contribution < -0.4 is 5.32 Å². The van der Waals surface area contributed by atoms with Gasteiger partial charge in [-0.15, -0.1) is 0 Å². The van der Waals surface area contributed by atoms with E-state index in [1.165, 1.54) is 0 Å². The Bertz CT molecular complexity index is 827. The highest BCUT2D eigenvalue weighted by Crippen LogP contribution is 2.20. The van der Waals surface area contributed by atoms with E-state index in [0.29, 0.717) is 31.0 Å². The van der Waals surface area contributed by atoms with E-state index < -0.39 is 10.0 Å². The molecule has 2 aromatic rings. The van der Waals surface area contributed by atoms with Gasteiger partial charge >= 0.3 is 0 Å². The number of hydrogen-bond donors (Lipinski definition) is 1. The van der Waals surface area contributed by atoms with Crippen LogP contribution in [0.4, 0.5) is 0 Å². The van der Waals surface area contributed by atoms with Gasteiger partial charge in [-0.1, -0.05) is 48.9 Å². The van der Waals surface area contributed by atoms with Crippen LogP contribution in [0.25, 0.3) is 0 Å². The Hall–Kier alpha value is -2.18. The number of piperidine rings is 1. The van der Waals surface area contributed by atoms with Gasteiger partial charge in [0.1, 0.15) is 0 Å². The average Bonchev–Trinajstić information content (AvgIpc) is 2.68. The Labute approximate surface area is 155 Å². The van der Waals surface area contributed by atoms with Gasteiger partial charge in [-0.3, -0.25) is 4.79 Å². The van der Waals surface area contributed by atoms with Gasteiger partial charge in [0.15, 0.2) is 0 Å². The molecule has 0 spiro atoms. The molecule has 0 atom stereocenters. The molecule has 0 bridgehead atoms. The summed E-state index contributed by atoms with van der Waals surface area (Å²) in [6.07, 6.45) is 3.27. The summed E-state index contributed by atoms with van der Waals surface area (Å²) in [5, 5.41) is 2.87. The summed E-state index contributed by atoms with van der Waals surface area (Å²) in [5.74, 6) is -0.0544. The molecular formula is C20H24N2O3S. The van der Waals surface area contributed by atoms with Gasteiger partial charge in [-0.2, -0.15) is 4.31 Å². The second-order valence-electron chi connectivity index (χ2n) is 6.55. The van der Waals surface area contributed by atoms with Crippen LogP contribution in [0.15, 0.2) is 59.5 Å². The van der Waals surface area contributed by atoms with E-state index in [1.54, 1.807) is 28.6 Å². The first-order valence-corrected chi connectivity index (χ1v) is 10.4. The molecule has 1 aliphatic heterocycles. The molecular weight excluding hydrogens is 348 g/mol. The molecule has 0 saturated carbocycles. The first-order chi connectivity index (χ1) is 12.6. The highest BCUT2D eigenvalue weighted by molar-refractivity contribution is 7.89. The Morgan fingerprint density at radius 1 is 0.885 bits per heavy atom. The second-order valence-corrected chi connectivity index (χ2v) is 8.49. The zero-order valence-corrected chi connectivity index (χ0v) is 15.5. The van der Waals surface area contributed by atoms with E-state index in [2.05, 4.69) is 5.32 Å². The molecule has 3 rings (SSSR count). The molecule has 0 radical (unpaired) electrons. The van der Waals surface area contributed by atoms with Crippen LogP contribution in [0.3, 0.4) is 0 Å². The van der Waals surface area contributed by atoms with Crippen molar-refractivity contribution in [2.75, 3.05) is 13.1 Å². The molecule has 26 heavy (non-hydrogen) atoms. The summed E-state index contributed by atoms with van der Waals surface area (Å²) in [6.45, 7) is 1.58. The zero-order chi connectivity index (χ0) is 18.4. The van der Waals surface area contributed by atoms with Gasteiger partial charge in [0.2, 0.25) is 15.9 Å². The molecule has 1 amide bonds. The minimum atomic E-state index is -3.40.